The summed E-state index contributed by atoms with van der Waals surface area (Å²) >= 11 is 7.63. The molecule has 8 heteroatoms. The molecule has 0 atom stereocenters. The summed E-state index contributed by atoms with van der Waals surface area (Å²) in [7, 11) is 0. The van der Waals surface area contributed by atoms with Gasteiger partial charge in [0, 0.05) is 50.5 Å². The molecule has 1 aliphatic rings. The van der Waals surface area contributed by atoms with E-state index >= 15 is 0 Å². The average molecular weight is 393 g/mol. The summed E-state index contributed by atoms with van der Waals surface area (Å²) in [6.45, 7) is 5.89. The molecule has 6 nitrogen and oxygen atoms in total. The predicted molar refractivity (Wildman–Crippen MR) is 103 cm³/mol. The first-order chi connectivity index (χ1) is 12.5. The third kappa shape index (κ3) is 4.04. The van der Waals surface area contributed by atoms with Crippen LogP contribution in [0.3, 0.4) is 0 Å². The number of imidazole rings is 1. The van der Waals surface area contributed by atoms with Crippen molar-refractivity contribution in [2.45, 2.75) is 19.0 Å². The molecule has 1 aromatic heterocycles. The maximum atomic E-state index is 12.5. The molecular formula is C18H21ClN4O2S. The fourth-order valence-corrected chi connectivity index (χ4v) is 3.96. The van der Waals surface area contributed by atoms with Gasteiger partial charge in [0.1, 0.15) is 0 Å². The lowest BCUT2D eigenvalue weighted by Gasteiger charge is -2.34. The van der Waals surface area contributed by atoms with Gasteiger partial charge in [0.25, 0.3) is 0 Å². The van der Waals surface area contributed by atoms with Gasteiger partial charge < -0.3 is 9.80 Å². The highest BCUT2D eigenvalue weighted by atomic mass is 35.5. The van der Waals surface area contributed by atoms with Crippen LogP contribution in [-0.2, 0) is 9.59 Å². The Balaban J connectivity index is 1.63. The van der Waals surface area contributed by atoms with Crippen LogP contribution in [0, 0.1) is 6.92 Å². The number of nitrogens with zero attached hydrogens (tertiary/aromatic N) is 4. The van der Waals surface area contributed by atoms with E-state index in [2.05, 4.69) is 4.98 Å². The van der Waals surface area contributed by atoms with Crippen LogP contribution >= 0.6 is 23.4 Å². The first kappa shape index (κ1) is 18.8. The molecule has 0 unspecified atom stereocenters. The Hall–Kier alpha value is -1.99. The number of carbonyl (C=O) groups is 2. The van der Waals surface area contributed by atoms with Gasteiger partial charge in [-0.1, -0.05) is 29.4 Å². The lowest BCUT2D eigenvalue weighted by molar-refractivity contribution is -0.136. The van der Waals surface area contributed by atoms with Crippen molar-refractivity contribution in [3.63, 3.8) is 0 Å². The molecule has 138 valence electrons. The third-order valence-corrected chi connectivity index (χ3v) is 5.87. The Morgan fingerprint density at radius 1 is 1.19 bits per heavy atom. The largest absolute Gasteiger partial charge is 0.339 e. The number of rotatable bonds is 4. The molecular weight excluding hydrogens is 372 g/mol. The normalized spacial score (nSPS) is 14.6. The Bertz CT molecular complexity index is 815. The van der Waals surface area contributed by atoms with Gasteiger partial charge in [0.2, 0.25) is 11.8 Å². The molecule has 0 bridgehead atoms. The molecule has 2 aromatic rings. The highest BCUT2D eigenvalue weighted by molar-refractivity contribution is 7.99. The number of amides is 2. The first-order valence-electron chi connectivity index (χ1n) is 8.42. The first-order valence-corrected chi connectivity index (χ1v) is 9.78. The van der Waals surface area contributed by atoms with Crippen molar-refractivity contribution in [1.29, 1.82) is 0 Å². The van der Waals surface area contributed by atoms with Crippen molar-refractivity contribution >= 4 is 35.2 Å². The highest BCUT2D eigenvalue weighted by Crippen LogP contribution is 2.26. The van der Waals surface area contributed by atoms with E-state index in [0.717, 1.165) is 16.4 Å². The van der Waals surface area contributed by atoms with E-state index in [1.165, 1.54) is 11.8 Å². The third-order valence-electron chi connectivity index (χ3n) is 4.51. The Kier molecular flexibility index (Phi) is 5.88. The van der Waals surface area contributed by atoms with Crippen LogP contribution in [0.15, 0.2) is 35.7 Å². The van der Waals surface area contributed by atoms with E-state index in [1.54, 1.807) is 18.0 Å². The number of benzene rings is 1. The van der Waals surface area contributed by atoms with Gasteiger partial charge in [0.15, 0.2) is 5.16 Å². The Labute approximate surface area is 162 Å². The molecule has 0 spiro atoms. The molecule has 0 saturated carbocycles. The van der Waals surface area contributed by atoms with Gasteiger partial charge in [-0.25, -0.2) is 4.98 Å². The minimum atomic E-state index is 0.0605. The number of aromatic nitrogens is 2. The molecule has 3 rings (SSSR count). The summed E-state index contributed by atoms with van der Waals surface area (Å²) in [6, 6.07) is 5.74. The monoisotopic (exact) mass is 392 g/mol. The summed E-state index contributed by atoms with van der Waals surface area (Å²) in [5, 5.41) is 1.46. The van der Waals surface area contributed by atoms with Crippen LogP contribution in [0.2, 0.25) is 5.02 Å². The van der Waals surface area contributed by atoms with Crippen molar-refractivity contribution in [3.05, 3.63) is 41.2 Å². The molecule has 0 aliphatic carbocycles. The average Bonchev–Trinajstić information content (AvgIpc) is 3.10. The summed E-state index contributed by atoms with van der Waals surface area (Å²) in [6.07, 6.45) is 3.59. The van der Waals surface area contributed by atoms with Crippen LogP contribution < -0.4 is 0 Å². The number of halogens is 1. The van der Waals surface area contributed by atoms with Crippen LogP contribution in [0.25, 0.3) is 5.69 Å². The smallest absolute Gasteiger partial charge is 0.233 e. The molecule has 2 heterocycles. The van der Waals surface area contributed by atoms with E-state index in [-0.39, 0.29) is 11.8 Å². The van der Waals surface area contributed by atoms with Gasteiger partial charge in [-0.2, -0.15) is 0 Å². The van der Waals surface area contributed by atoms with Crippen molar-refractivity contribution in [1.82, 2.24) is 19.4 Å². The second-order valence-electron chi connectivity index (χ2n) is 6.14. The number of piperazine rings is 1. The van der Waals surface area contributed by atoms with Crippen LogP contribution in [0.5, 0.6) is 0 Å². The number of hydrogen-bond acceptors (Lipinski definition) is 4. The van der Waals surface area contributed by atoms with E-state index in [4.69, 9.17) is 11.6 Å². The zero-order valence-corrected chi connectivity index (χ0v) is 16.4. The zero-order chi connectivity index (χ0) is 18.7. The Morgan fingerprint density at radius 3 is 2.58 bits per heavy atom. The van der Waals surface area contributed by atoms with Crippen molar-refractivity contribution in [3.8, 4) is 5.69 Å². The summed E-state index contributed by atoms with van der Waals surface area (Å²) in [5.41, 5.74) is 1.93. The quantitative estimate of drug-likeness (QED) is 0.750. The van der Waals surface area contributed by atoms with Crippen molar-refractivity contribution in [2.24, 2.45) is 0 Å². The van der Waals surface area contributed by atoms with Crippen molar-refractivity contribution in [2.75, 3.05) is 31.9 Å². The van der Waals surface area contributed by atoms with E-state index in [1.807, 2.05) is 40.8 Å². The molecule has 1 aromatic carbocycles. The molecule has 2 amide bonds. The second-order valence-corrected chi connectivity index (χ2v) is 7.49. The minimum absolute atomic E-state index is 0.0605. The number of thioether (sulfide) groups is 1. The predicted octanol–water partition coefficient (Wildman–Crippen LogP) is 2.62. The second kappa shape index (κ2) is 8.14. The van der Waals surface area contributed by atoms with Crippen LogP contribution in [0.1, 0.15) is 12.5 Å². The van der Waals surface area contributed by atoms with E-state index in [0.29, 0.717) is 37.0 Å². The topological polar surface area (TPSA) is 58.4 Å². The van der Waals surface area contributed by atoms with Crippen LogP contribution in [-0.4, -0.2) is 63.1 Å². The molecule has 1 fully saturated rings. The minimum Gasteiger partial charge on any atom is -0.339 e. The van der Waals surface area contributed by atoms with Crippen LogP contribution in [0.4, 0.5) is 0 Å². The fraction of sp³-hybridized carbons (Fsp3) is 0.389. The molecule has 1 aliphatic heterocycles. The zero-order valence-electron chi connectivity index (χ0n) is 14.8. The summed E-state index contributed by atoms with van der Waals surface area (Å²) in [4.78, 5) is 31.8. The highest BCUT2D eigenvalue weighted by Gasteiger charge is 2.22. The number of hydrogen-bond donors (Lipinski definition) is 0. The number of carbonyl (C=O) groups excluding carboxylic acids is 2. The van der Waals surface area contributed by atoms with E-state index < -0.39 is 0 Å². The van der Waals surface area contributed by atoms with Gasteiger partial charge in [-0.3, -0.25) is 14.2 Å². The maximum Gasteiger partial charge on any atom is 0.233 e. The molecule has 1 saturated heterocycles. The lowest BCUT2D eigenvalue weighted by Crippen LogP contribution is -2.50. The standard InChI is InChI=1S/C18H21ClN4O2S/c1-13-15(19)4-3-5-16(13)23-7-6-20-18(23)26-12-17(25)22-10-8-21(9-11-22)14(2)24/h3-7H,8-12H2,1-2H3. The SMILES string of the molecule is CC(=O)N1CCN(C(=O)CSc2nccn2-c2cccc(Cl)c2C)CC1. The van der Waals surface area contributed by atoms with Crippen molar-refractivity contribution < 1.29 is 9.59 Å². The summed E-state index contributed by atoms with van der Waals surface area (Å²) < 4.78 is 1.95. The fourth-order valence-electron chi connectivity index (χ4n) is 2.93. The Morgan fingerprint density at radius 2 is 1.88 bits per heavy atom. The molecule has 26 heavy (non-hydrogen) atoms. The van der Waals surface area contributed by atoms with Gasteiger partial charge in [-0.05, 0) is 24.6 Å². The molecule has 0 N–H and O–H groups in total. The van der Waals surface area contributed by atoms with Gasteiger partial charge in [0.05, 0.1) is 11.4 Å². The lowest BCUT2D eigenvalue weighted by atomic mass is 10.2. The van der Waals surface area contributed by atoms with E-state index in [9.17, 15) is 9.59 Å². The maximum absolute atomic E-state index is 12.5. The van der Waals surface area contributed by atoms with Gasteiger partial charge in [-0.15, -0.1) is 0 Å². The van der Waals surface area contributed by atoms with Gasteiger partial charge >= 0.3 is 0 Å². The summed E-state index contributed by atoms with van der Waals surface area (Å²) in [5.74, 6) is 0.442. The molecule has 0 radical (unpaired) electrons.